The molecular formula is C30H34N4O5S. The maximum atomic E-state index is 13.6. The second-order valence-electron chi connectivity index (χ2n) is 10.5. The van der Waals surface area contributed by atoms with Crippen molar-refractivity contribution >= 4 is 34.8 Å². The Bertz CT molecular complexity index is 1440. The maximum absolute atomic E-state index is 13.6. The van der Waals surface area contributed by atoms with Crippen LogP contribution in [0.4, 0.5) is 5.69 Å². The number of thiazole rings is 1. The summed E-state index contributed by atoms with van der Waals surface area (Å²) >= 11 is 1.51. The Morgan fingerprint density at radius 1 is 1.20 bits per heavy atom. The number of hydrogen-bond acceptors (Lipinski definition) is 7. The quantitative estimate of drug-likeness (QED) is 0.409. The molecule has 2 amide bonds. The van der Waals surface area contributed by atoms with Crippen LogP contribution < -0.4 is 15.8 Å². The van der Waals surface area contributed by atoms with Crippen molar-refractivity contribution < 1.29 is 24.2 Å². The third kappa shape index (κ3) is 5.59. The van der Waals surface area contributed by atoms with Crippen LogP contribution in [0.1, 0.15) is 64.0 Å². The van der Waals surface area contributed by atoms with Gasteiger partial charge < -0.3 is 25.8 Å². The summed E-state index contributed by atoms with van der Waals surface area (Å²) < 4.78 is 5.23. The van der Waals surface area contributed by atoms with Crippen LogP contribution in [0.5, 0.6) is 5.75 Å². The van der Waals surface area contributed by atoms with Crippen LogP contribution in [0.2, 0.25) is 0 Å². The molecule has 0 spiro atoms. The molecule has 1 saturated heterocycles. The third-order valence-electron chi connectivity index (χ3n) is 7.81. The number of amides is 2. The first-order valence-electron chi connectivity index (χ1n) is 13.6. The van der Waals surface area contributed by atoms with Crippen LogP contribution in [-0.4, -0.2) is 58.0 Å². The van der Waals surface area contributed by atoms with E-state index in [9.17, 15) is 14.4 Å². The number of nitrogens with one attached hydrogen (secondary N) is 1. The SMILES string of the molecule is CC(=O)Nc1cccc(-c2sc(C)nc2C(=O)N2[C@H](CN)C[C@@H]3CCC[C@@H]32)c1.O=C(O)c1cccc2c1CCO2. The highest BCUT2D eigenvalue weighted by Crippen LogP contribution is 2.43. The number of fused-ring (bicyclic) bond motifs is 2. The molecule has 3 heterocycles. The molecule has 210 valence electrons. The third-order valence-corrected chi connectivity index (χ3v) is 8.83. The molecule has 10 heteroatoms. The molecule has 0 radical (unpaired) electrons. The van der Waals surface area contributed by atoms with E-state index in [-0.39, 0.29) is 17.9 Å². The van der Waals surface area contributed by atoms with Crippen molar-refractivity contribution in [1.29, 1.82) is 0 Å². The number of benzene rings is 2. The monoisotopic (exact) mass is 562 g/mol. The zero-order valence-electron chi connectivity index (χ0n) is 22.7. The molecule has 3 aliphatic rings. The number of carbonyl (C=O) groups excluding carboxylic acids is 2. The van der Waals surface area contributed by atoms with E-state index in [1.165, 1.54) is 31.1 Å². The molecule has 2 aromatic carbocycles. The minimum Gasteiger partial charge on any atom is -0.493 e. The molecule has 1 saturated carbocycles. The van der Waals surface area contributed by atoms with Gasteiger partial charge in [-0.15, -0.1) is 11.3 Å². The Kier molecular flexibility index (Phi) is 8.18. The molecule has 40 heavy (non-hydrogen) atoms. The van der Waals surface area contributed by atoms with E-state index in [0.717, 1.165) is 39.6 Å². The zero-order chi connectivity index (χ0) is 28.4. The first-order chi connectivity index (χ1) is 19.3. The molecule has 1 aliphatic carbocycles. The highest BCUT2D eigenvalue weighted by molar-refractivity contribution is 7.15. The number of likely N-dealkylation sites (tertiary alicyclic amines) is 1. The largest absolute Gasteiger partial charge is 0.493 e. The number of carboxylic acid groups (broad SMARTS) is 1. The molecule has 0 unspecified atom stereocenters. The number of nitrogens with two attached hydrogens (primary N) is 1. The molecular weight excluding hydrogens is 528 g/mol. The number of carbonyl (C=O) groups is 3. The molecule has 6 rings (SSSR count). The Morgan fingerprint density at radius 2 is 2.00 bits per heavy atom. The number of rotatable bonds is 5. The molecule has 3 aromatic rings. The average Bonchev–Trinajstić information content (AvgIpc) is 3.71. The van der Waals surface area contributed by atoms with Gasteiger partial charge in [-0.25, -0.2) is 9.78 Å². The second kappa shape index (κ2) is 11.8. The van der Waals surface area contributed by atoms with Crippen molar-refractivity contribution in [3.05, 3.63) is 64.3 Å². The van der Waals surface area contributed by atoms with Gasteiger partial charge in [0.05, 0.1) is 22.1 Å². The summed E-state index contributed by atoms with van der Waals surface area (Å²) in [7, 11) is 0. The van der Waals surface area contributed by atoms with Crippen LogP contribution in [0.3, 0.4) is 0 Å². The topological polar surface area (TPSA) is 135 Å². The van der Waals surface area contributed by atoms with Crippen molar-refractivity contribution in [3.63, 3.8) is 0 Å². The summed E-state index contributed by atoms with van der Waals surface area (Å²) in [6, 6.07) is 13.1. The summed E-state index contributed by atoms with van der Waals surface area (Å²) in [5, 5.41) is 12.5. The van der Waals surface area contributed by atoms with Crippen molar-refractivity contribution in [2.45, 2.75) is 58.0 Å². The number of aryl methyl sites for hydroxylation is 1. The minimum absolute atomic E-state index is 0.00544. The lowest BCUT2D eigenvalue weighted by Gasteiger charge is -2.29. The highest BCUT2D eigenvalue weighted by atomic mass is 32.1. The number of nitrogens with zero attached hydrogens (tertiary/aromatic N) is 2. The predicted molar refractivity (Wildman–Crippen MR) is 154 cm³/mol. The van der Waals surface area contributed by atoms with E-state index >= 15 is 0 Å². The van der Waals surface area contributed by atoms with Gasteiger partial charge in [-0.3, -0.25) is 9.59 Å². The minimum atomic E-state index is -0.877. The summed E-state index contributed by atoms with van der Waals surface area (Å²) in [6.45, 7) is 4.50. The fourth-order valence-electron chi connectivity index (χ4n) is 6.17. The first kappa shape index (κ1) is 27.8. The number of aromatic carboxylic acids is 1. The van der Waals surface area contributed by atoms with Gasteiger partial charge in [-0.1, -0.05) is 24.6 Å². The Morgan fingerprint density at radius 3 is 2.75 bits per heavy atom. The Hall–Kier alpha value is -3.76. The zero-order valence-corrected chi connectivity index (χ0v) is 23.5. The standard InChI is InChI=1S/C21H26N4O2S.C9H8O3/c1-12(26)23-16-7-3-6-15(9-16)20-19(24-13(2)28-20)21(27)25-17(11-22)10-14-5-4-8-18(14)25;10-9(11)7-2-1-3-8-6(7)4-5-12-8/h3,6-7,9,14,17-18H,4-5,8,10-11,22H2,1-2H3,(H,23,26);1-3H,4-5H2,(H,10,11)/t14-,17-,18-;/m0./s1. The van der Waals surface area contributed by atoms with Crippen molar-refractivity contribution in [2.24, 2.45) is 11.7 Å². The van der Waals surface area contributed by atoms with E-state index in [1.54, 1.807) is 18.2 Å². The summed E-state index contributed by atoms with van der Waals surface area (Å²) in [4.78, 5) is 43.2. The summed E-state index contributed by atoms with van der Waals surface area (Å²) in [6.07, 6.45) is 5.13. The maximum Gasteiger partial charge on any atom is 0.336 e. The lowest BCUT2D eigenvalue weighted by atomic mass is 10.0. The lowest BCUT2D eigenvalue weighted by molar-refractivity contribution is -0.114. The lowest BCUT2D eigenvalue weighted by Crippen LogP contribution is -2.44. The molecule has 3 atom stereocenters. The van der Waals surface area contributed by atoms with E-state index in [0.29, 0.717) is 48.5 Å². The Balaban J connectivity index is 0.000000223. The van der Waals surface area contributed by atoms with Crippen LogP contribution in [-0.2, 0) is 11.2 Å². The number of carboxylic acids is 1. The fourth-order valence-corrected chi connectivity index (χ4v) is 7.08. The van der Waals surface area contributed by atoms with Gasteiger partial charge >= 0.3 is 5.97 Å². The van der Waals surface area contributed by atoms with Crippen LogP contribution in [0.25, 0.3) is 10.4 Å². The van der Waals surface area contributed by atoms with Gasteiger partial charge in [0, 0.05) is 43.2 Å². The number of ether oxygens (including phenoxy) is 1. The molecule has 0 bridgehead atoms. The van der Waals surface area contributed by atoms with Gasteiger partial charge in [0.1, 0.15) is 11.4 Å². The van der Waals surface area contributed by atoms with Gasteiger partial charge in [0.15, 0.2) is 0 Å². The van der Waals surface area contributed by atoms with Crippen molar-refractivity contribution in [3.8, 4) is 16.2 Å². The number of anilines is 1. The Labute approximate surface area is 237 Å². The van der Waals surface area contributed by atoms with E-state index in [4.69, 9.17) is 15.6 Å². The van der Waals surface area contributed by atoms with Gasteiger partial charge in [-0.05, 0) is 61.9 Å². The summed E-state index contributed by atoms with van der Waals surface area (Å²) in [5.41, 5.74) is 9.32. The molecule has 4 N–H and O–H groups in total. The number of hydrogen-bond donors (Lipinski definition) is 3. The van der Waals surface area contributed by atoms with E-state index in [1.807, 2.05) is 36.1 Å². The van der Waals surface area contributed by atoms with E-state index in [2.05, 4.69) is 10.3 Å². The fraction of sp³-hybridized carbons (Fsp3) is 0.400. The molecule has 9 nitrogen and oxygen atoms in total. The predicted octanol–water partition coefficient (Wildman–Crippen LogP) is 4.74. The van der Waals surface area contributed by atoms with E-state index < -0.39 is 5.97 Å². The smallest absolute Gasteiger partial charge is 0.336 e. The second-order valence-corrected chi connectivity index (χ2v) is 11.7. The first-order valence-corrected chi connectivity index (χ1v) is 14.4. The van der Waals surface area contributed by atoms with Crippen LogP contribution >= 0.6 is 11.3 Å². The average molecular weight is 563 g/mol. The van der Waals surface area contributed by atoms with Crippen LogP contribution in [0, 0.1) is 12.8 Å². The van der Waals surface area contributed by atoms with Gasteiger partial charge in [0.25, 0.3) is 5.91 Å². The van der Waals surface area contributed by atoms with Gasteiger partial charge in [-0.2, -0.15) is 0 Å². The van der Waals surface area contributed by atoms with Gasteiger partial charge in [0.2, 0.25) is 5.91 Å². The molecule has 1 aromatic heterocycles. The normalized spacial score (nSPS) is 20.7. The highest BCUT2D eigenvalue weighted by Gasteiger charge is 2.46. The summed E-state index contributed by atoms with van der Waals surface area (Å²) in [5.74, 6) is 0.286. The van der Waals surface area contributed by atoms with Crippen LogP contribution in [0.15, 0.2) is 42.5 Å². The molecule has 2 fully saturated rings. The van der Waals surface area contributed by atoms with Crippen molar-refractivity contribution in [1.82, 2.24) is 9.88 Å². The van der Waals surface area contributed by atoms with Crippen molar-refractivity contribution in [2.75, 3.05) is 18.5 Å². The number of aromatic nitrogens is 1. The molecule has 2 aliphatic heterocycles.